The molecule has 5 heteroatoms. The average Bonchev–Trinajstić information content (AvgIpc) is 2.70. The first-order chi connectivity index (χ1) is 9.01. The molecule has 0 aromatic carbocycles. The number of ether oxygens (including phenoxy) is 1. The number of hydrogen-bond acceptors (Lipinski definition) is 4. The van der Waals surface area contributed by atoms with E-state index in [1.165, 1.54) is 6.42 Å². The topological polar surface area (TPSA) is 70.1 Å². The van der Waals surface area contributed by atoms with Gasteiger partial charge in [-0.25, -0.2) is 4.79 Å². The minimum atomic E-state index is -0.435. The average molecular weight is 265 g/mol. The number of anilines is 1. The van der Waals surface area contributed by atoms with Crippen molar-refractivity contribution in [2.24, 2.45) is 11.8 Å². The van der Waals surface area contributed by atoms with Crippen molar-refractivity contribution < 1.29 is 9.53 Å². The maximum Gasteiger partial charge on any atom is 0.361 e. The summed E-state index contributed by atoms with van der Waals surface area (Å²) in [5, 5.41) is 4.34. The van der Waals surface area contributed by atoms with Crippen molar-refractivity contribution in [1.82, 2.24) is 9.78 Å². The van der Waals surface area contributed by atoms with Crippen LogP contribution in [0.15, 0.2) is 6.20 Å². The van der Waals surface area contributed by atoms with Crippen LogP contribution in [0.2, 0.25) is 0 Å². The molecule has 0 radical (unpaired) electrons. The van der Waals surface area contributed by atoms with Crippen molar-refractivity contribution in [1.29, 1.82) is 0 Å². The molecule has 0 saturated heterocycles. The number of nitrogens with two attached hydrogens (primary N) is 1. The van der Waals surface area contributed by atoms with E-state index in [2.05, 4.69) is 18.9 Å². The van der Waals surface area contributed by atoms with Crippen LogP contribution in [-0.2, 0) is 4.74 Å². The Bertz CT molecular complexity index is 446. The van der Waals surface area contributed by atoms with Crippen molar-refractivity contribution in [3.63, 3.8) is 0 Å². The molecule has 0 bridgehead atoms. The van der Waals surface area contributed by atoms with Crippen LogP contribution in [0.3, 0.4) is 0 Å². The van der Waals surface area contributed by atoms with Gasteiger partial charge >= 0.3 is 5.97 Å². The fourth-order valence-corrected chi connectivity index (χ4v) is 3.07. The maximum absolute atomic E-state index is 11.7. The summed E-state index contributed by atoms with van der Waals surface area (Å²) in [6.45, 7) is 6.64. The molecule has 19 heavy (non-hydrogen) atoms. The Morgan fingerprint density at radius 3 is 2.63 bits per heavy atom. The smallest absolute Gasteiger partial charge is 0.361 e. The maximum atomic E-state index is 11.7. The molecule has 5 nitrogen and oxygen atoms in total. The zero-order chi connectivity index (χ0) is 14.0. The van der Waals surface area contributed by atoms with E-state index in [1.54, 1.807) is 13.1 Å². The van der Waals surface area contributed by atoms with Gasteiger partial charge in [0.25, 0.3) is 0 Å². The Morgan fingerprint density at radius 2 is 2.05 bits per heavy atom. The van der Waals surface area contributed by atoms with Crippen molar-refractivity contribution in [2.75, 3.05) is 12.3 Å². The molecule has 1 aromatic rings. The van der Waals surface area contributed by atoms with E-state index in [-0.39, 0.29) is 5.69 Å². The van der Waals surface area contributed by atoms with Gasteiger partial charge in [-0.05, 0) is 38.0 Å². The lowest BCUT2D eigenvalue weighted by molar-refractivity contribution is 0.0518. The largest absolute Gasteiger partial charge is 0.461 e. The van der Waals surface area contributed by atoms with Crippen molar-refractivity contribution in [3.8, 4) is 0 Å². The summed E-state index contributed by atoms with van der Waals surface area (Å²) >= 11 is 0. The van der Waals surface area contributed by atoms with Crippen molar-refractivity contribution in [2.45, 2.75) is 46.1 Å². The third-order valence-electron chi connectivity index (χ3n) is 3.76. The summed E-state index contributed by atoms with van der Waals surface area (Å²) in [7, 11) is 0. The Balaban J connectivity index is 2.17. The summed E-state index contributed by atoms with van der Waals surface area (Å²) in [6, 6.07) is 0.337. The number of carbonyl (C=O) groups is 1. The number of esters is 1. The van der Waals surface area contributed by atoms with Gasteiger partial charge in [0.05, 0.1) is 18.3 Å². The lowest BCUT2D eigenvalue weighted by Crippen LogP contribution is -2.23. The van der Waals surface area contributed by atoms with E-state index < -0.39 is 5.97 Å². The van der Waals surface area contributed by atoms with E-state index in [1.807, 2.05) is 4.68 Å². The third-order valence-corrected chi connectivity index (χ3v) is 3.76. The SMILES string of the molecule is CCOC(=O)c1nn(C2CC(C)CC(C)C2)cc1N. The second kappa shape index (κ2) is 5.63. The van der Waals surface area contributed by atoms with E-state index in [9.17, 15) is 4.79 Å². The Kier molecular flexibility index (Phi) is 4.12. The van der Waals surface area contributed by atoms with Crippen LogP contribution < -0.4 is 5.73 Å². The first kappa shape index (κ1) is 13.9. The highest BCUT2D eigenvalue weighted by molar-refractivity contribution is 5.92. The van der Waals surface area contributed by atoms with Crippen LogP contribution in [0.4, 0.5) is 5.69 Å². The van der Waals surface area contributed by atoms with E-state index in [4.69, 9.17) is 10.5 Å². The molecule has 2 rings (SSSR count). The van der Waals surface area contributed by atoms with Gasteiger partial charge in [0, 0.05) is 6.20 Å². The fraction of sp³-hybridized carbons (Fsp3) is 0.714. The molecule has 1 fully saturated rings. The van der Waals surface area contributed by atoms with Crippen LogP contribution in [0.5, 0.6) is 0 Å². The fourth-order valence-electron chi connectivity index (χ4n) is 3.07. The molecule has 2 N–H and O–H groups in total. The van der Waals surface area contributed by atoms with Crippen molar-refractivity contribution >= 4 is 11.7 Å². The quantitative estimate of drug-likeness (QED) is 0.853. The number of nitrogens with zero attached hydrogens (tertiary/aromatic N) is 2. The first-order valence-corrected chi connectivity index (χ1v) is 7.03. The van der Waals surface area contributed by atoms with Gasteiger partial charge in [0.2, 0.25) is 0 Å². The van der Waals surface area contributed by atoms with E-state index >= 15 is 0 Å². The van der Waals surface area contributed by atoms with Crippen LogP contribution in [0.25, 0.3) is 0 Å². The number of carbonyl (C=O) groups excluding carboxylic acids is 1. The molecule has 1 heterocycles. The highest BCUT2D eigenvalue weighted by Gasteiger charge is 2.27. The Labute approximate surface area is 114 Å². The highest BCUT2D eigenvalue weighted by Crippen LogP contribution is 2.36. The first-order valence-electron chi connectivity index (χ1n) is 7.03. The minimum Gasteiger partial charge on any atom is -0.461 e. The zero-order valence-electron chi connectivity index (χ0n) is 11.9. The number of aromatic nitrogens is 2. The summed E-state index contributed by atoms with van der Waals surface area (Å²) in [6.07, 6.45) is 5.21. The molecule has 0 aliphatic heterocycles. The minimum absolute atomic E-state index is 0.243. The predicted octanol–water partition coefficient (Wildman–Crippen LogP) is 2.64. The van der Waals surface area contributed by atoms with Gasteiger partial charge in [0.15, 0.2) is 5.69 Å². The second-order valence-electron chi connectivity index (χ2n) is 5.70. The van der Waals surface area contributed by atoms with Gasteiger partial charge in [-0.2, -0.15) is 5.10 Å². The van der Waals surface area contributed by atoms with Gasteiger partial charge in [0.1, 0.15) is 0 Å². The summed E-state index contributed by atoms with van der Waals surface area (Å²) in [4.78, 5) is 11.7. The number of nitrogen functional groups attached to an aromatic ring is 1. The zero-order valence-corrected chi connectivity index (χ0v) is 11.9. The molecule has 0 spiro atoms. The molecule has 1 aliphatic rings. The van der Waals surface area contributed by atoms with Gasteiger partial charge in [-0.1, -0.05) is 13.8 Å². The Morgan fingerprint density at radius 1 is 1.42 bits per heavy atom. The lowest BCUT2D eigenvalue weighted by Gasteiger charge is -2.31. The van der Waals surface area contributed by atoms with Crippen LogP contribution in [0, 0.1) is 11.8 Å². The van der Waals surface area contributed by atoms with Crippen LogP contribution in [-0.4, -0.2) is 22.4 Å². The van der Waals surface area contributed by atoms with Crippen LogP contribution in [0.1, 0.15) is 56.6 Å². The molecule has 0 amide bonds. The molecule has 1 aromatic heterocycles. The van der Waals surface area contributed by atoms with E-state index in [0.717, 1.165) is 12.8 Å². The summed E-state index contributed by atoms with van der Waals surface area (Å²) in [5.41, 5.74) is 6.51. The molecule has 2 unspecified atom stereocenters. The van der Waals surface area contributed by atoms with Gasteiger partial charge in [-0.15, -0.1) is 0 Å². The Hall–Kier alpha value is -1.52. The summed E-state index contributed by atoms with van der Waals surface area (Å²) < 4.78 is 6.81. The standard InChI is InChI=1S/C14H23N3O2/c1-4-19-14(18)13-12(15)8-17(16-13)11-6-9(2)5-10(3)7-11/h8-11H,4-7,15H2,1-3H3. The predicted molar refractivity (Wildman–Crippen MR) is 73.8 cm³/mol. The summed E-state index contributed by atoms with van der Waals surface area (Å²) in [5.74, 6) is 0.936. The molecule has 1 aliphatic carbocycles. The number of hydrogen-bond donors (Lipinski definition) is 1. The third kappa shape index (κ3) is 3.08. The molecular formula is C14H23N3O2. The number of rotatable bonds is 3. The lowest BCUT2D eigenvalue weighted by atomic mass is 9.80. The van der Waals surface area contributed by atoms with Gasteiger partial charge in [-0.3, -0.25) is 4.68 Å². The molecule has 106 valence electrons. The monoisotopic (exact) mass is 265 g/mol. The van der Waals surface area contributed by atoms with Crippen LogP contribution >= 0.6 is 0 Å². The molecular weight excluding hydrogens is 242 g/mol. The molecule has 1 saturated carbocycles. The van der Waals surface area contributed by atoms with Crippen molar-refractivity contribution in [3.05, 3.63) is 11.9 Å². The second-order valence-corrected chi connectivity index (χ2v) is 5.70. The van der Waals surface area contributed by atoms with E-state index in [0.29, 0.717) is 30.2 Å². The highest BCUT2D eigenvalue weighted by atomic mass is 16.5. The molecule has 2 atom stereocenters. The normalized spacial score (nSPS) is 27.2. The van der Waals surface area contributed by atoms with Gasteiger partial charge < -0.3 is 10.5 Å².